The van der Waals surface area contributed by atoms with E-state index >= 15 is 0 Å². The van der Waals surface area contributed by atoms with Gasteiger partial charge in [0.25, 0.3) is 0 Å². The molecule has 1 aromatic heterocycles. The molecule has 0 aliphatic heterocycles. The Bertz CT molecular complexity index is 283. The van der Waals surface area contributed by atoms with E-state index in [2.05, 4.69) is 30.9 Å². The second kappa shape index (κ2) is 6.11. The van der Waals surface area contributed by atoms with E-state index in [1.165, 1.54) is 0 Å². The molecule has 86 valence electrons. The predicted molar refractivity (Wildman–Crippen MR) is 63.1 cm³/mol. The summed E-state index contributed by atoms with van der Waals surface area (Å²) in [5.41, 5.74) is 0. The zero-order chi connectivity index (χ0) is 11.3. The predicted octanol–water partition coefficient (Wildman–Crippen LogP) is 2.74. The minimum Gasteiger partial charge on any atom is -0.250 e. The number of hydrogen-bond acceptors (Lipinski definition) is 2. The minimum atomic E-state index is 0.552. The first kappa shape index (κ1) is 12.5. The number of aryl methyl sites for hydroxylation is 1. The molecule has 0 saturated carbocycles. The van der Waals surface area contributed by atoms with Gasteiger partial charge in [0.2, 0.25) is 0 Å². The molecule has 0 fully saturated rings. The number of alkyl halides is 1. The van der Waals surface area contributed by atoms with Crippen molar-refractivity contribution < 1.29 is 0 Å². The van der Waals surface area contributed by atoms with Crippen LogP contribution in [-0.4, -0.2) is 20.6 Å². The fourth-order valence-electron chi connectivity index (χ4n) is 1.43. The van der Waals surface area contributed by atoms with Crippen molar-refractivity contribution in [2.45, 2.75) is 40.2 Å². The molecule has 0 aliphatic carbocycles. The van der Waals surface area contributed by atoms with E-state index in [0.717, 1.165) is 31.1 Å². The molecule has 1 aromatic rings. The van der Waals surface area contributed by atoms with Gasteiger partial charge in [-0.25, -0.2) is 9.67 Å². The van der Waals surface area contributed by atoms with Gasteiger partial charge in [0.15, 0.2) is 0 Å². The van der Waals surface area contributed by atoms with E-state index < -0.39 is 0 Å². The van der Waals surface area contributed by atoms with Crippen LogP contribution < -0.4 is 0 Å². The molecule has 1 unspecified atom stereocenters. The first-order valence-electron chi connectivity index (χ1n) is 5.56. The lowest BCUT2D eigenvalue weighted by molar-refractivity contribution is 0.456. The fraction of sp³-hybridized carbons (Fsp3) is 0.818. The fourth-order valence-corrected chi connectivity index (χ4v) is 1.59. The van der Waals surface area contributed by atoms with Crippen LogP contribution in [-0.2, 0) is 13.0 Å². The maximum absolute atomic E-state index is 5.77. The zero-order valence-electron chi connectivity index (χ0n) is 9.78. The van der Waals surface area contributed by atoms with E-state index in [4.69, 9.17) is 11.6 Å². The summed E-state index contributed by atoms with van der Waals surface area (Å²) in [7, 11) is 0. The molecule has 1 atom stereocenters. The van der Waals surface area contributed by atoms with E-state index in [9.17, 15) is 0 Å². The molecule has 1 heterocycles. The van der Waals surface area contributed by atoms with Crippen LogP contribution in [0.1, 0.15) is 33.0 Å². The summed E-state index contributed by atoms with van der Waals surface area (Å²) in [6.45, 7) is 7.49. The van der Waals surface area contributed by atoms with Crippen molar-refractivity contribution in [2.75, 3.05) is 5.88 Å². The molecule has 0 aromatic carbocycles. The summed E-state index contributed by atoms with van der Waals surface area (Å²) >= 11 is 5.77. The van der Waals surface area contributed by atoms with Gasteiger partial charge in [-0.15, -0.1) is 11.6 Å². The van der Waals surface area contributed by atoms with E-state index in [1.807, 2.05) is 4.68 Å². The molecular formula is C11H20ClN3. The zero-order valence-corrected chi connectivity index (χ0v) is 10.5. The molecule has 1 rings (SSSR count). The third kappa shape index (κ3) is 4.20. The van der Waals surface area contributed by atoms with Gasteiger partial charge in [-0.05, 0) is 18.3 Å². The van der Waals surface area contributed by atoms with Crippen LogP contribution in [0.5, 0.6) is 0 Å². The topological polar surface area (TPSA) is 30.7 Å². The summed E-state index contributed by atoms with van der Waals surface area (Å²) in [5.74, 6) is 2.96. The number of halogens is 1. The van der Waals surface area contributed by atoms with Crippen LogP contribution in [0, 0.1) is 11.8 Å². The summed E-state index contributed by atoms with van der Waals surface area (Å²) in [4.78, 5) is 4.28. The molecule has 4 heteroatoms. The highest BCUT2D eigenvalue weighted by Gasteiger charge is 2.08. The average Bonchev–Trinajstić information content (AvgIpc) is 2.61. The maximum Gasteiger partial charge on any atom is 0.138 e. The van der Waals surface area contributed by atoms with Gasteiger partial charge in [0, 0.05) is 18.8 Å². The molecule has 0 radical (unpaired) electrons. The first-order valence-corrected chi connectivity index (χ1v) is 6.09. The van der Waals surface area contributed by atoms with Gasteiger partial charge in [-0.1, -0.05) is 20.8 Å². The van der Waals surface area contributed by atoms with E-state index in [-0.39, 0.29) is 0 Å². The van der Waals surface area contributed by atoms with Gasteiger partial charge < -0.3 is 0 Å². The lowest BCUT2D eigenvalue weighted by atomic mass is 10.1. The molecule has 0 spiro atoms. The van der Waals surface area contributed by atoms with Gasteiger partial charge in [0.1, 0.15) is 12.2 Å². The maximum atomic E-state index is 5.77. The largest absolute Gasteiger partial charge is 0.250 e. The van der Waals surface area contributed by atoms with Gasteiger partial charge >= 0.3 is 0 Å². The van der Waals surface area contributed by atoms with Crippen LogP contribution in [0.2, 0.25) is 0 Å². The summed E-state index contributed by atoms with van der Waals surface area (Å²) in [5, 5.41) is 4.23. The minimum absolute atomic E-state index is 0.552. The number of nitrogens with zero attached hydrogens (tertiary/aromatic N) is 3. The van der Waals surface area contributed by atoms with Crippen molar-refractivity contribution in [1.29, 1.82) is 0 Å². The number of rotatable bonds is 6. The molecular weight excluding hydrogens is 210 g/mol. The SMILES string of the molecule is CC(C)Cn1ncnc1CCC(C)CCl. The van der Waals surface area contributed by atoms with Crippen LogP contribution in [0.15, 0.2) is 6.33 Å². The highest BCUT2D eigenvalue weighted by Crippen LogP contribution is 2.10. The molecule has 3 nitrogen and oxygen atoms in total. The van der Waals surface area contributed by atoms with Crippen molar-refractivity contribution in [2.24, 2.45) is 11.8 Å². The van der Waals surface area contributed by atoms with Gasteiger partial charge in [-0.3, -0.25) is 0 Å². The molecule has 0 saturated heterocycles. The molecule has 0 bridgehead atoms. The Balaban J connectivity index is 2.49. The Hall–Kier alpha value is -0.570. The van der Waals surface area contributed by atoms with Gasteiger partial charge in [-0.2, -0.15) is 5.10 Å². The number of hydrogen-bond donors (Lipinski definition) is 0. The second-order valence-corrected chi connectivity index (χ2v) is 4.86. The summed E-state index contributed by atoms with van der Waals surface area (Å²) in [6, 6.07) is 0. The molecule has 0 aliphatic rings. The number of aromatic nitrogens is 3. The van der Waals surface area contributed by atoms with Crippen molar-refractivity contribution in [3.05, 3.63) is 12.2 Å². The Labute approximate surface area is 96.8 Å². The molecule has 0 N–H and O–H groups in total. The second-order valence-electron chi connectivity index (χ2n) is 4.55. The molecule has 0 amide bonds. The monoisotopic (exact) mass is 229 g/mol. The van der Waals surface area contributed by atoms with E-state index in [1.54, 1.807) is 6.33 Å². The Morgan fingerprint density at radius 1 is 1.40 bits per heavy atom. The van der Waals surface area contributed by atoms with Crippen molar-refractivity contribution in [3.63, 3.8) is 0 Å². The van der Waals surface area contributed by atoms with Crippen LogP contribution in [0.4, 0.5) is 0 Å². The highest BCUT2D eigenvalue weighted by atomic mass is 35.5. The smallest absolute Gasteiger partial charge is 0.138 e. The summed E-state index contributed by atoms with van der Waals surface area (Å²) < 4.78 is 2.01. The normalized spacial score (nSPS) is 13.4. The summed E-state index contributed by atoms with van der Waals surface area (Å²) in [6.07, 6.45) is 3.70. The lowest BCUT2D eigenvalue weighted by Crippen LogP contribution is -2.11. The standard InChI is InChI=1S/C11H20ClN3/c1-9(2)7-15-11(13-8-14-15)5-4-10(3)6-12/h8-10H,4-7H2,1-3H3. The van der Waals surface area contributed by atoms with Crippen LogP contribution >= 0.6 is 11.6 Å². The van der Waals surface area contributed by atoms with Crippen molar-refractivity contribution >= 4 is 11.6 Å². The quantitative estimate of drug-likeness (QED) is 0.703. The lowest BCUT2D eigenvalue weighted by Gasteiger charge is -2.10. The first-order chi connectivity index (χ1) is 7.13. The highest BCUT2D eigenvalue weighted by molar-refractivity contribution is 6.18. The molecule has 15 heavy (non-hydrogen) atoms. The Morgan fingerprint density at radius 3 is 2.73 bits per heavy atom. The Kier molecular flexibility index (Phi) is 5.09. The average molecular weight is 230 g/mol. The van der Waals surface area contributed by atoms with Gasteiger partial charge in [0.05, 0.1) is 0 Å². The Morgan fingerprint density at radius 2 is 2.13 bits per heavy atom. The third-order valence-electron chi connectivity index (χ3n) is 2.36. The van der Waals surface area contributed by atoms with Crippen LogP contribution in [0.25, 0.3) is 0 Å². The van der Waals surface area contributed by atoms with Crippen LogP contribution in [0.3, 0.4) is 0 Å². The van der Waals surface area contributed by atoms with Crippen molar-refractivity contribution in [1.82, 2.24) is 14.8 Å². The van der Waals surface area contributed by atoms with E-state index in [0.29, 0.717) is 11.8 Å². The van der Waals surface area contributed by atoms with Crippen molar-refractivity contribution in [3.8, 4) is 0 Å². The third-order valence-corrected chi connectivity index (χ3v) is 2.88.